The summed E-state index contributed by atoms with van der Waals surface area (Å²) < 4.78 is 0. The van der Waals surface area contributed by atoms with E-state index in [1.165, 1.54) is 0 Å². The van der Waals surface area contributed by atoms with E-state index in [9.17, 15) is 4.79 Å². The summed E-state index contributed by atoms with van der Waals surface area (Å²) in [6.07, 6.45) is 3.62. The quantitative estimate of drug-likeness (QED) is 0.862. The number of benzene rings is 1. The zero-order valence-corrected chi connectivity index (χ0v) is 10.8. The minimum absolute atomic E-state index is 0.0476. The molecule has 0 aliphatic rings. The predicted octanol–water partition coefficient (Wildman–Crippen LogP) is 2.44. The Bertz CT molecular complexity index is 525. The smallest absolute Gasteiger partial charge is 0.224 e. The fraction of sp³-hybridized carbons (Fsp3) is 0.214. The van der Waals surface area contributed by atoms with E-state index in [1.807, 2.05) is 30.3 Å². The number of nitrogens with zero attached hydrogens (tertiary/aromatic N) is 2. The van der Waals surface area contributed by atoms with Crippen LogP contribution in [0.1, 0.15) is 18.9 Å². The van der Waals surface area contributed by atoms with Gasteiger partial charge in [0, 0.05) is 13.0 Å². The Balaban J connectivity index is 1.90. The first kappa shape index (κ1) is 13.0. The number of nitrogens with one attached hydrogen (secondary N) is 2. The lowest BCUT2D eigenvalue weighted by Crippen LogP contribution is -2.10. The zero-order valence-electron chi connectivity index (χ0n) is 10.8. The van der Waals surface area contributed by atoms with Gasteiger partial charge in [0.2, 0.25) is 11.9 Å². The summed E-state index contributed by atoms with van der Waals surface area (Å²) in [4.78, 5) is 19.5. The molecule has 1 aromatic carbocycles. The van der Waals surface area contributed by atoms with Crippen LogP contribution in [0.2, 0.25) is 0 Å². The third kappa shape index (κ3) is 4.06. The van der Waals surface area contributed by atoms with E-state index < -0.39 is 0 Å². The molecule has 1 aromatic heterocycles. The molecule has 0 saturated heterocycles. The average molecular weight is 256 g/mol. The Kier molecular flexibility index (Phi) is 4.44. The van der Waals surface area contributed by atoms with Crippen LogP contribution in [0.15, 0.2) is 42.7 Å². The van der Waals surface area contributed by atoms with E-state index in [0.717, 1.165) is 5.56 Å². The number of anilines is 2. The lowest BCUT2D eigenvalue weighted by atomic mass is 10.2. The number of amides is 1. The molecule has 2 aromatic rings. The Morgan fingerprint density at radius 2 is 1.84 bits per heavy atom. The zero-order chi connectivity index (χ0) is 13.5. The first-order chi connectivity index (χ1) is 9.28. The van der Waals surface area contributed by atoms with Crippen molar-refractivity contribution >= 4 is 17.5 Å². The van der Waals surface area contributed by atoms with Gasteiger partial charge in [0.05, 0.1) is 18.1 Å². The Hall–Kier alpha value is -2.43. The van der Waals surface area contributed by atoms with E-state index in [0.29, 0.717) is 24.6 Å². The third-order valence-corrected chi connectivity index (χ3v) is 2.55. The molecule has 0 fully saturated rings. The van der Waals surface area contributed by atoms with E-state index in [4.69, 9.17) is 0 Å². The van der Waals surface area contributed by atoms with Crippen LogP contribution in [-0.2, 0) is 11.3 Å². The van der Waals surface area contributed by atoms with Gasteiger partial charge in [0.15, 0.2) is 0 Å². The summed E-state index contributed by atoms with van der Waals surface area (Å²) >= 11 is 0. The highest BCUT2D eigenvalue weighted by atomic mass is 16.1. The van der Waals surface area contributed by atoms with E-state index in [-0.39, 0.29) is 5.91 Å². The molecular weight excluding hydrogens is 240 g/mol. The second kappa shape index (κ2) is 6.49. The molecule has 0 atom stereocenters. The fourth-order valence-electron chi connectivity index (χ4n) is 1.51. The number of hydrogen-bond acceptors (Lipinski definition) is 4. The Morgan fingerprint density at radius 3 is 2.47 bits per heavy atom. The first-order valence-corrected chi connectivity index (χ1v) is 6.17. The van der Waals surface area contributed by atoms with Gasteiger partial charge in [-0.05, 0) is 5.56 Å². The monoisotopic (exact) mass is 256 g/mol. The molecule has 5 heteroatoms. The molecule has 0 saturated carbocycles. The van der Waals surface area contributed by atoms with Gasteiger partial charge in [-0.2, -0.15) is 0 Å². The molecule has 1 amide bonds. The maximum absolute atomic E-state index is 11.2. The summed E-state index contributed by atoms with van der Waals surface area (Å²) in [6, 6.07) is 10.0. The molecule has 0 spiro atoms. The lowest BCUT2D eigenvalue weighted by molar-refractivity contribution is -0.115. The summed E-state index contributed by atoms with van der Waals surface area (Å²) in [6.45, 7) is 2.47. The summed E-state index contributed by atoms with van der Waals surface area (Å²) in [5.74, 6) is 0.493. The van der Waals surface area contributed by atoms with E-state index >= 15 is 0 Å². The molecule has 5 nitrogen and oxygen atoms in total. The van der Waals surface area contributed by atoms with Gasteiger partial charge < -0.3 is 10.6 Å². The molecule has 0 aliphatic carbocycles. The number of carbonyl (C=O) groups is 1. The molecule has 98 valence electrons. The molecule has 0 unspecified atom stereocenters. The highest BCUT2D eigenvalue weighted by molar-refractivity contribution is 5.90. The van der Waals surface area contributed by atoms with Crippen LogP contribution in [0.4, 0.5) is 11.6 Å². The molecule has 0 bridgehead atoms. The van der Waals surface area contributed by atoms with Crippen molar-refractivity contribution in [1.29, 1.82) is 0 Å². The molecule has 2 N–H and O–H groups in total. The topological polar surface area (TPSA) is 66.9 Å². The van der Waals surface area contributed by atoms with Crippen molar-refractivity contribution < 1.29 is 4.79 Å². The van der Waals surface area contributed by atoms with Crippen molar-refractivity contribution in [3.8, 4) is 0 Å². The second-order valence-electron chi connectivity index (χ2n) is 4.04. The fourth-order valence-corrected chi connectivity index (χ4v) is 1.51. The first-order valence-electron chi connectivity index (χ1n) is 6.17. The van der Waals surface area contributed by atoms with Gasteiger partial charge in [-0.15, -0.1) is 0 Å². The maximum Gasteiger partial charge on any atom is 0.224 e. The normalized spacial score (nSPS) is 9.95. The van der Waals surface area contributed by atoms with Gasteiger partial charge >= 0.3 is 0 Å². The summed E-state index contributed by atoms with van der Waals surface area (Å²) in [5, 5.41) is 5.82. The predicted molar refractivity (Wildman–Crippen MR) is 74.7 cm³/mol. The van der Waals surface area contributed by atoms with Crippen LogP contribution in [0, 0.1) is 0 Å². The average Bonchev–Trinajstić information content (AvgIpc) is 2.47. The van der Waals surface area contributed by atoms with E-state index in [1.54, 1.807) is 19.3 Å². The van der Waals surface area contributed by atoms with Crippen LogP contribution in [0.5, 0.6) is 0 Å². The Labute approximate surface area is 112 Å². The van der Waals surface area contributed by atoms with Crippen molar-refractivity contribution in [3.63, 3.8) is 0 Å². The molecule has 2 rings (SSSR count). The molecular formula is C14H16N4O. The van der Waals surface area contributed by atoms with Gasteiger partial charge in [-0.1, -0.05) is 37.3 Å². The van der Waals surface area contributed by atoms with Gasteiger partial charge in [0.1, 0.15) is 0 Å². The van der Waals surface area contributed by atoms with Crippen LogP contribution in [0.3, 0.4) is 0 Å². The molecule has 0 aliphatic heterocycles. The number of aromatic nitrogens is 2. The number of carbonyl (C=O) groups excluding carboxylic acids is 1. The van der Waals surface area contributed by atoms with Crippen molar-refractivity contribution in [3.05, 3.63) is 48.3 Å². The minimum atomic E-state index is -0.0476. The van der Waals surface area contributed by atoms with Crippen LogP contribution < -0.4 is 10.6 Å². The number of rotatable bonds is 5. The van der Waals surface area contributed by atoms with Gasteiger partial charge in [-0.3, -0.25) is 4.79 Å². The Morgan fingerprint density at radius 1 is 1.16 bits per heavy atom. The largest absolute Gasteiger partial charge is 0.350 e. The standard InChI is InChI=1S/C14H16N4O/c1-2-13(19)18-12-9-16-14(17-10-12)15-8-11-6-4-3-5-7-11/h3-7,9-10H,2,8H2,1H3,(H,18,19)(H,15,16,17). The molecule has 0 radical (unpaired) electrons. The van der Waals surface area contributed by atoms with Crippen LogP contribution >= 0.6 is 0 Å². The molecule has 1 heterocycles. The highest BCUT2D eigenvalue weighted by Gasteiger charge is 2.01. The maximum atomic E-state index is 11.2. The van der Waals surface area contributed by atoms with Gasteiger partial charge in [-0.25, -0.2) is 9.97 Å². The highest BCUT2D eigenvalue weighted by Crippen LogP contribution is 2.07. The van der Waals surface area contributed by atoms with Gasteiger partial charge in [0.25, 0.3) is 0 Å². The SMILES string of the molecule is CCC(=O)Nc1cnc(NCc2ccccc2)nc1. The molecule has 19 heavy (non-hydrogen) atoms. The van der Waals surface area contributed by atoms with Crippen molar-refractivity contribution in [1.82, 2.24) is 9.97 Å². The van der Waals surface area contributed by atoms with E-state index in [2.05, 4.69) is 20.6 Å². The summed E-state index contributed by atoms with van der Waals surface area (Å²) in [5.41, 5.74) is 1.77. The van der Waals surface area contributed by atoms with Crippen LogP contribution in [0.25, 0.3) is 0 Å². The van der Waals surface area contributed by atoms with Crippen molar-refractivity contribution in [2.24, 2.45) is 0 Å². The van der Waals surface area contributed by atoms with Crippen molar-refractivity contribution in [2.75, 3.05) is 10.6 Å². The number of hydrogen-bond donors (Lipinski definition) is 2. The lowest BCUT2D eigenvalue weighted by Gasteiger charge is -2.06. The third-order valence-electron chi connectivity index (χ3n) is 2.55. The minimum Gasteiger partial charge on any atom is -0.350 e. The van der Waals surface area contributed by atoms with Crippen molar-refractivity contribution in [2.45, 2.75) is 19.9 Å². The second-order valence-corrected chi connectivity index (χ2v) is 4.04. The van der Waals surface area contributed by atoms with Crippen LogP contribution in [-0.4, -0.2) is 15.9 Å². The summed E-state index contributed by atoms with van der Waals surface area (Å²) in [7, 11) is 0.